The molecule has 1 atom stereocenters. The van der Waals surface area contributed by atoms with Gasteiger partial charge in [0, 0.05) is 0 Å². The molecule has 0 amide bonds. The minimum absolute atomic E-state index is 1.66. The Hall–Kier alpha value is 0.350. The highest BCUT2D eigenvalue weighted by Gasteiger charge is 2.39. The minimum atomic E-state index is -5.93. The lowest BCUT2D eigenvalue weighted by atomic mass is 13.8. The van der Waals surface area contributed by atoms with E-state index < -0.39 is 34.8 Å². The average Bonchev–Trinajstić information content (AvgIpc) is 1.70. The Balaban J connectivity index is 3.50. The molecule has 0 aromatic rings. The maximum atomic E-state index is 13.0. The normalized spacial score (nSPS) is 32.5. The SMILES string of the molecule is FS(F)=NP1(F)=NP(F)(F)=NP(F)(F)=N1. The van der Waals surface area contributed by atoms with Gasteiger partial charge in [-0.1, -0.05) is 0 Å². The lowest BCUT2D eigenvalue weighted by Crippen LogP contribution is -1.72. The zero-order valence-corrected chi connectivity index (χ0v) is 9.68. The lowest BCUT2D eigenvalue weighted by Gasteiger charge is -2.11. The second-order valence-electron chi connectivity index (χ2n) is 1.95. The third-order valence-corrected chi connectivity index (χ3v) is 7.41. The molecule has 0 aromatic carbocycles. The molecule has 1 heterocycles. The Morgan fingerprint density at radius 3 is 1.67 bits per heavy atom. The molecule has 0 N–H and O–H groups in total. The summed E-state index contributed by atoms with van der Waals surface area (Å²) in [5.41, 5.74) is 0. The van der Waals surface area contributed by atoms with E-state index in [-0.39, 0.29) is 0 Å². The third-order valence-electron chi connectivity index (χ3n) is 0.824. The molecular formula is F7N4P3S. The van der Waals surface area contributed by atoms with Crippen molar-refractivity contribution in [3.63, 3.8) is 0 Å². The predicted molar refractivity (Wildman–Crippen MR) is 45.6 cm³/mol. The number of hydrogen-bond acceptors (Lipinski definition) is 4. The second-order valence-corrected chi connectivity index (χ2v) is 7.96. The van der Waals surface area contributed by atoms with Gasteiger partial charge in [-0.3, -0.25) is 0 Å². The maximum Gasteiger partial charge on any atom is 0.424 e. The molecule has 90 valence electrons. The first-order chi connectivity index (χ1) is 6.54. The Labute approximate surface area is 82.0 Å². The van der Waals surface area contributed by atoms with Crippen LogP contribution in [-0.2, 0) is 11.5 Å². The summed E-state index contributed by atoms with van der Waals surface area (Å²) in [6, 6.07) is 0. The summed E-state index contributed by atoms with van der Waals surface area (Å²) >= 11 is -3.98. The van der Waals surface area contributed by atoms with Gasteiger partial charge in [0.1, 0.15) is 0 Å². The van der Waals surface area contributed by atoms with Crippen LogP contribution in [-0.4, -0.2) is 0 Å². The standard InChI is InChI=1S/F7N4P3S/c1-12(2)8-13(3,4)10-14(5,9-12)11-15(6)7. The van der Waals surface area contributed by atoms with Gasteiger partial charge in [0.05, 0.1) is 0 Å². The number of rotatable bonds is 1. The molecule has 0 saturated heterocycles. The highest BCUT2D eigenvalue weighted by atomic mass is 32.2. The zero-order chi connectivity index (χ0) is 11.9. The fraction of sp³-hybridized carbons (Fsp3) is 0. The Morgan fingerprint density at radius 2 is 1.27 bits per heavy atom. The molecule has 1 aliphatic rings. The van der Waals surface area contributed by atoms with Gasteiger partial charge in [0.25, 0.3) is 11.5 Å². The second kappa shape index (κ2) is 3.98. The quantitative estimate of drug-likeness (QED) is 0.405. The summed E-state index contributed by atoms with van der Waals surface area (Å²) in [6.45, 7) is 0. The maximum absolute atomic E-state index is 13.0. The smallest absolute Gasteiger partial charge is 0.157 e. The van der Waals surface area contributed by atoms with Crippen LogP contribution >= 0.6 is 23.3 Å². The van der Waals surface area contributed by atoms with Crippen LogP contribution in [0.5, 0.6) is 0 Å². The first-order valence-corrected chi connectivity index (χ1v) is 8.21. The molecule has 15 heavy (non-hydrogen) atoms. The van der Waals surface area contributed by atoms with E-state index >= 15 is 0 Å². The Bertz CT molecular complexity index is 453. The summed E-state index contributed by atoms with van der Waals surface area (Å²) in [7, 11) is -17.4. The van der Waals surface area contributed by atoms with E-state index in [1.807, 2.05) is 9.03 Å². The molecule has 0 bridgehead atoms. The van der Waals surface area contributed by atoms with Crippen LogP contribution in [0.25, 0.3) is 0 Å². The van der Waals surface area contributed by atoms with E-state index in [9.17, 15) is 28.8 Å². The van der Waals surface area contributed by atoms with Crippen molar-refractivity contribution >= 4 is 34.8 Å². The van der Waals surface area contributed by atoms with E-state index in [1.165, 1.54) is 0 Å². The molecular weight excluding hydrogens is 314 g/mol. The van der Waals surface area contributed by atoms with Crippen molar-refractivity contribution in [1.29, 1.82) is 0 Å². The van der Waals surface area contributed by atoms with Crippen LogP contribution in [0.15, 0.2) is 17.7 Å². The van der Waals surface area contributed by atoms with Crippen LogP contribution in [0.4, 0.5) is 28.8 Å². The zero-order valence-electron chi connectivity index (χ0n) is 6.18. The van der Waals surface area contributed by atoms with Crippen molar-refractivity contribution in [3.8, 4) is 0 Å². The third kappa shape index (κ3) is 4.01. The molecule has 0 aliphatic carbocycles. The van der Waals surface area contributed by atoms with Crippen LogP contribution in [0, 0.1) is 0 Å². The highest BCUT2D eigenvalue weighted by molar-refractivity contribution is 7.86. The topological polar surface area (TPSA) is 49.4 Å². The van der Waals surface area contributed by atoms with E-state index in [1.54, 1.807) is 8.65 Å². The largest absolute Gasteiger partial charge is 0.424 e. The van der Waals surface area contributed by atoms with Crippen LogP contribution in [0.3, 0.4) is 0 Å². The van der Waals surface area contributed by atoms with Gasteiger partial charge in [0.2, 0.25) is 0 Å². The molecule has 0 radical (unpaired) electrons. The van der Waals surface area contributed by atoms with Crippen LogP contribution < -0.4 is 0 Å². The molecule has 0 fully saturated rings. The highest BCUT2D eigenvalue weighted by Crippen LogP contribution is 2.82. The molecule has 1 aliphatic heterocycles. The fourth-order valence-corrected chi connectivity index (χ4v) is 6.67. The Morgan fingerprint density at radius 1 is 0.800 bits per heavy atom. The number of hydrogen-bond donors (Lipinski definition) is 0. The van der Waals surface area contributed by atoms with Gasteiger partial charge in [-0.25, -0.2) is 0 Å². The summed E-state index contributed by atoms with van der Waals surface area (Å²) in [4.78, 5) is 0. The molecule has 1 rings (SSSR count). The van der Waals surface area contributed by atoms with Crippen molar-refractivity contribution in [2.75, 3.05) is 0 Å². The van der Waals surface area contributed by atoms with Crippen molar-refractivity contribution in [1.82, 2.24) is 0 Å². The van der Waals surface area contributed by atoms with Gasteiger partial charge < -0.3 is 0 Å². The summed E-state index contributed by atoms with van der Waals surface area (Å²) < 4.78 is 93.0. The average molecular weight is 314 g/mol. The van der Waals surface area contributed by atoms with Crippen molar-refractivity contribution in [3.05, 3.63) is 0 Å². The fourth-order valence-electron chi connectivity index (χ4n) is 0.568. The van der Waals surface area contributed by atoms with Gasteiger partial charge in [0.15, 0.2) is 0 Å². The first-order valence-electron chi connectivity index (χ1n) is 2.74. The van der Waals surface area contributed by atoms with E-state index in [2.05, 4.69) is 0 Å². The minimum Gasteiger partial charge on any atom is -0.157 e. The number of nitrogens with zero attached hydrogens (tertiary/aromatic N) is 4. The van der Waals surface area contributed by atoms with Crippen LogP contribution in [0.1, 0.15) is 0 Å². The molecule has 0 saturated carbocycles. The summed E-state index contributed by atoms with van der Waals surface area (Å²) in [5.74, 6) is 0. The lowest BCUT2D eigenvalue weighted by molar-refractivity contribution is 0.696. The van der Waals surface area contributed by atoms with Gasteiger partial charge in [-0.15, -0.1) is 42.2 Å². The predicted octanol–water partition coefficient (Wildman–Crippen LogP) is 6.26. The first kappa shape index (κ1) is 13.4. The summed E-state index contributed by atoms with van der Waals surface area (Å²) in [6.07, 6.45) is 0. The molecule has 4 nitrogen and oxygen atoms in total. The van der Waals surface area contributed by atoms with Crippen molar-refractivity contribution in [2.45, 2.75) is 0 Å². The van der Waals surface area contributed by atoms with Gasteiger partial charge >= 0.3 is 23.3 Å². The molecule has 0 aromatic heterocycles. The molecule has 0 spiro atoms. The van der Waals surface area contributed by atoms with Crippen LogP contribution in [0.2, 0.25) is 0 Å². The van der Waals surface area contributed by atoms with Gasteiger partial charge in [-0.2, -0.15) is 4.20 Å². The van der Waals surface area contributed by atoms with E-state index in [0.29, 0.717) is 0 Å². The Kier molecular flexibility index (Phi) is 3.56. The van der Waals surface area contributed by atoms with E-state index in [4.69, 9.17) is 0 Å². The van der Waals surface area contributed by atoms with Gasteiger partial charge in [-0.05, 0) is 0 Å². The molecule has 15 heteroatoms. The summed E-state index contributed by atoms with van der Waals surface area (Å²) in [5, 5.41) is 0. The van der Waals surface area contributed by atoms with E-state index in [0.717, 1.165) is 0 Å². The number of halogens is 7. The van der Waals surface area contributed by atoms with Crippen molar-refractivity contribution < 1.29 is 28.8 Å². The molecule has 1 unspecified atom stereocenters. The van der Waals surface area contributed by atoms with Crippen molar-refractivity contribution in [2.24, 2.45) is 17.7 Å². The monoisotopic (exact) mass is 314 g/mol.